The van der Waals surface area contributed by atoms with E-state index in [1.54, 1.807) is 0 Å². The van der Waals surface area contributed by atoms with E-state index in [2.05, 4.69) is 45.8 Å². The van der Waals surface area contributed by atoms with Gasteiger partial charge in [0.25, 0.3) is 0 Å². The van der Waals surface area contributed by atoms with Crippen molar-refractivity contribution in [3.05, 3.63) is 35.9 Å². The molecule has 230 valence electrons. The summed E-state index contributed by atoms with van der Waals surface area (Å²) in [6, 6.07) is 8.12. The number of fused-ring (bicyclic) bond motifs is 2. The summed E-state index contributed by atoms with van der Waals surface area (Å²) in [4.78, 5) is 39.7. The van der Waals surface area contributed by atoms with Gasteiger partial charge in [-0.25, -0.2) is 14.8 Å². The second kappa shape index (κ2) is 11.1. The van der Waals surface area contributed by atoms with Gasteiger partial charge in [0.05, 0.1) is 36.3 Å². The lowest BCUT2D eigenvalue weighted by Crippen LogP contribution is -2.61. The number of rotatable bonds is 5. The van der Waals surface area contributed by atoms with Crippen LogP contribution in [0, 0.1) is 0 Å². The number of carbonyl (C=O) groups is 1. The van der Waals surface area contributed by atoms with E-state index in [9.17, 15) is 4.79 Å². The number of aryl methyl sites for hydroxylation is 2. The lowest BCUT2D eigenvalue weighted by Gasteiger charge is -2.46. The predicted molar refractivity (Wildman–Crippen MR) is 166 cm³/mol. The number of ether oxygens (including phenoxy) is 2. The smallest absolute Gasteiger partial charge is 0.410 e. The molecule has 0 bridgehead atoms. The highest BCUT2D eigenvalue weighted by Gasteiger charge is 2.39. The highest BCUT2D eigenvalue weighted by molar-refractivity contribution is 5.86. The Balaban J connectivity index is 1.36. The molecule has 12 nitrogen and oxygen atoms in total. The van der Waals surface area contributed by atoms with Crippen LogP contribution in [0.1, 0.15) is 53.2 Å². The first-order valence-electron chi connectivity index (χ1n) is 15.2. The van der Waals surface area contributed by atoms with Gasteiger partial charge < -0.3 is 23.8 Å². The lowest BCUT2D eigenvalue weighted by atomic mass is 9.99. The number of imidazole rings is 2. The van der Waals surface area contributed by atoms with Crippen molar-refractivity contribution >= 4 is 34.1 Å². The van der Waals surface area contributed by atoms with Crippen LogP contribution in [0.2, 0.25) is 0 Å². The van der Waals surface area contributed by atoms with Crippen LogP contribution in [0.3, 0.4) is 0 Å². The molecule has 12 heteroatoms. The van der Waals surface area contributed by atoms with Gasteiger partial charge >= 0.3 is 6.09 Å². The van der Waals surface area contributed by atoms with Crippen LogP contribution in [-0.2, 0) is 29.5 Å². The quantitative estimate of drug-likeness (QED) is 0.342. The minimum absolute atomic E-state index is 0.267. The Morgan fingerprint density at radius 1 is 1.00 bits per heavy atom. The summed E-state index contributed by atoms with van der Waals surface area (Å²) in [6.45, 7) is 17.4. The number of para-hydroxylation sites is 2. The second-order valence-electron chi connectivity index (χ2n) is 13.1. The van der Waals surface area contributed by atoms with E-state index in [-0.39, 0.29) is 6.09 Å². The van der Waals surface area contributed by atoms with Gasteiger partial charge in [0.2, 0.25) is 5.95 Å². The monoisotopic (exact) mass is 589 g/mol. The second-order valence-corrected chi connectivity index (χ2v) is 13.1. The van der Waals surface area contributed by atoms with Gasteiger partial charge in [-0.05, 0) is 46.8 Å². The zero-order chi connectivity index (χ0) is 30.5. The Kier molecular flexibility index (Phi) is 7.54. The highest BCUT2D eigenvalue weighted by atomic mass is 16.6. The van der Waals surface area contributed by atoms with Gasteiger partial charge in [-0.1, -0.05) is 19.1 Å². The van der Waals surface area contributed by atoms with Crippen molar-refractivity contribution in [2.75, 3.05) is 50.8 Å². The summed E-state index contributed by atoms with van der Waals surface area (Å²) >= 11 is 0. The van der Waals surface area contributed by atoms with Crippen molar-refractivity contribution in [1.29, 1.82) is 0 Å². The van der Waals surface area contributed by atoms with E-state index in [1.165, 1.54) is 0 Å². The average Bonchev–Trinajstić information content (AvgIpc) is 3.48. The third kappa shape index (κ3) is 5.65. The molecule has 2 fully saturated rings. The molecule has 2 aliphatic rings. The first-order chi connectivity index (χ1) is 20.4. The maximum atomic E-state index is 12.9. The van der Waals surface area contributed by atoms with Crippen LogP contribution < -0.4 is 4.90 Å². The van der Waals surface area contributed by atoms with E-state index < -0.39 is 11.1 Å². The zero-order valence-corrected chi connectivity index (χ0v) is 26.4. The highest BCUT2D eigenvalue weighted by Crippen LogP contribution is 2.30. The number of piperazine rings is 1. The molecule has 0 radical (unpaired) electrons. The molecule has 3 aromatic heterocycles. The maximum absolute atomic E-state index is 12.9. The fraction of sp³-hybridized carbons (Fsp3) is 0.581. The molecule has 2 aliphatic heterocycles. The lowest BCUT2D eigenvalue weighted by molar-refractivity contribution is -0.0248. The Morgan fingerprint density at radius 3 is 2.44 bits per heavy atom. The van der Waals surface area contributed by atoms with E-state index in [1.807, 2.05) is 50.9 Å². The molecule has 0 atom stereocenters. The van der Waals surface area contributed by atoms with Crippen molar-refractivity contribution in [1.82, 2.24) is 38.9 Å². The van der Waals surface area contributed by atoms with E-state index in [0.29, 0.717) is 38.8 Å². The standard InChI is InChI=1S/C31H43N9O3/c1-8-23-32-21-11-9-10-12-22(21)40(23)28-34-26-25(27(35-28)38-15-17-42-18-16-38)33-24(36(26)7)19-37-13-14-39(31(5,6)20-37)29(41)43-30(2,3)4/h9-12H,8,13-20H2,1-7H3. The average molecular weight is 590 g/mol. The van der Waals surface area contributed by atoms with Gasteiger partial charge in [-0.15, -0.1) is 0 Å². The molecule has 1 amide bonds. The molecule has 0 unspecified atom stereocenters. The van der Waals surface area contributed by atoms with Crippen molar-refractivity contribution in [3.8, 4) is 5.95 Å². The Bertz CT molecular complexity index is 1650. The minimum atomic E-state index is -0.531. The number of aromatic nitrogens is 6. The molecule has 0 saturated carbocycles. The van der Waals surface area contributed by atoms with Crippen molar-refractivity contribution in [2.24, 2.45) is 7.05 Å². The van der Waals surface area contributed by atoms with Gasteiger partial charge in [-0.2, -0.15) is 9.97 Å². The van der Waals surface area contributed by atoms with Crippen LogP contribution >= 0.6 is 0 Å². The first kappa shape index (κ1) is 29.3. The molecule has 0 spiro atoms. The topological polar surface area (TPSA) is 107 Å². The number of carbonyl (C=O) groups excluding carboxylic acids is 1. The summed E-state index contributed by atoms with van der Waals surface area (Å²) in [6.07, 6.45) is 0.487. The van der Waals surface area contributed by atoms with Crippen LogP contribution in [0.25, 0.3) is 28.1 Å². The normalized spacial score (nSPS) is 18.1. The molecule has 5 heterocycles. The van der Waals surface area contributed by atoms with Crippen molar-refractivity contribution < 1.29 is 14.3 Å². The number of morpholine rings is 1. The van der Waals surface area contributed by atoms with Gasteiger partial charge in [0.1, 0.15) is 17.2 Å². The van der Waals surface area contributed by atoms with Crippen molar-refractivity contribution in [3.63, 3.8) is 0 Å². The molecular formula is C31H43N9O3. The SMILES string of the molecule is CCc1nc2ccccc2n1-c1nc(N2CCOCC2)c2nc(CN3CCN(C(=O)OC(C)(C)C)C(C)(C)C3)n(C)c2n1. The van der Waals surface area contributed by atoms with Gasteiger partial charge in [0.15, 0.2) is 17.0 Å². The summed E-state index contributed by atoms with van der Waals surface area (Å²) in [5.74, 6) is 3.24. The number of benzene rings is 1. The van der Waals surface area contributed by atoms with Gasteiger partial charge in [-0.3, -0.25) is 9.47 Å². The number of amides is 1. The largest absolute Gasteiger partial charge is 0.444 e. The Labute approximate surface area is 252 Å². The van der Waals surface area contributed by atoms with E-state index in [0.717, 1.165) is 65.7 Å². The van der Waals surface area contributed by atoms with Crippen molar-refractivity contribution in [2.45, 2.75) is 65.6 Å². The molecule has 0 aliphatic carbocycles. The maximum Gasteiger partial charge on any atom is 0.410 e. The van der Waals surface area contributed by atoms with Crippen LogP contribution in [0.15, 0.2) is 24.3 Å². The van der Waals surface area contributed by atoms with E-state index in [4.69, 9.17) is 29.4 Å². The van der Waals surface area contributed by atoms with E-state index >= 15 is 0 Å². The number of hydrogen-bond acceptors (Lipinski definition) is 9. The number of hydrogen-bond donors (Lipinski definition) is 0. The third-order valence-electron chi connectivity index (χ3n) is 8.20. The first-order valence-corrected chi connectivity index (χ1v) is 15.2. The Morgan fingerprint density at radius 2 is 1.74 bits per heavy atom. The molecule has 4 aromatic rings. The fourth-order valence-corrected chi connectivity index (χ4v) is 6.10. The fourth-order valence-electron chi connectivity index (χ4n) is 6.10. The molecule has 0 N–H and O–H groups in total. The van der Waals surface area contributed by atoms with Crippen LogP contribution in [-0.4, -0.2) is 102 Å². The number of nitrogens with zero attached hydrogens (tertiary/aromatic N) is 9. The number of anilines is 1. The minimum Gasteiger partial charge on any atom is -0.444 e. The van der Waals surface area contributed by atoms with Crippen LogP contribution in [0.4, 0.5) is 10.6 Å². The summed E-state index contributed by atoms with van der Waals surface area (Å²) < 4.78 is 15.5. The van der Waals surface area contributed by atoms with Gasteiger partial charge in [0, 0.05) is 46.2 Å². The molecule has 43 heavy (non-hydrogen) atoms. The molecule has 1 aromatic carbocycles. The zero-order valence-electron chi connectivity index (χ0n) is 26.4. The molecule has 2 saturated heterocycles. The molecule has 6 rings (SSSR count). The molecular weight excluding hydrogens is 546 g/mol. The third-order valence-corrected chi connectivity index (χ3v) is 8.20. The Hall–Kier alpha value is -3.77. The predicted octanol–water partition coefficient (Wildman–Crippen LogP) is 3.93. The summed E-state index contributed by atoms with van der Waals surface area (Å²) in [7, 11) is 2.03. The summed E-state index contributed by atoms with van der Waals surface area (Å²) in [5, 5.41) is 0. The van der Waals surface area contributed by atoms with Crippen LogP contribution in [0.5, 0.6) is 0 Å². The summed E-state index contributed by atoms with van der Waals surface area (Å²) in [5.41, 5.74) is 2.56.